The summed E-state index contributed by atoms with van der Waals surface area (Å²) in [7, 11) is 0. The Morgan fingerprint density at radius 1 is 1.08 bits per heavy atom. The summed E-state index contributed by atoms with van der Waals surface area (Å²) in [4.78, 5) is 30.1. The second-order valence-corrected chi connectivity index (χ2v) is 10.5. The lowest BCUT2D eigenvalue weighted by Crippen LogP contribution is -2.37. The van der Waals surface area contributed by atoms with Gasteiger partial charge in [-0.15, -0.1) is 0 Å². The predicted molar refractivity (Wildman–Crippen MR) is 135 cm³/mol. The van der Waals surface area contributed by atoms with Crippen LogP contribution in [-0.4, -0.2) is 32.3 Å². The Kier molecular flexibility index (Phi) is 7.40. The summed E-state index contributed by atoms with van der Waals surface area (Å²) in [5.74, 6) is -3.65. The zero-order chi connectivity index (χ0) is 26.9. The number of rotatable bonds is 9. The molecule has 2 atom stereocenters. The van der Waals surface area contributed by atoms with Gasteiger partial charge in [0.15, 0.2) is 5.65 Å². The van der Waals surface area contributed by atoms with E-state index in [0.717, 1.165) is 30.9 Å². The number of hydrogen-bond donors (Lipinski definition) is 2. The molecule has 3 aromatic rings. The summed E-state index contributed by atoms with van der Waals surface area (Å²) in [6.45, 7) is 1.96. The molecule has 2 aromatic heterocycles. The molecule has 0 spiro atoms. The number of nitrogens with zero attached hydrogens (tertiary/aromatic N) is 3. The van der Waals surface area contributed by atoms with Crippen molar-refractivity contribution in [1.82, 2.24) is 25.2 Å². The quantitative estimate of drug-likeness (QED) is 0.383. The number of halogens is 3. The Labute approximate surface area is 219 Å². The number of hydrogen-bond acceptors (Lipinski definition) is 4. The number of nitrogens with one attached hydrogen (secondary N) is 2. The molecular weight excluding hydrogens is 495 g/mol. The summed E-state index contributed by atoms with van der Waals surface area (Å²) in [6.07, 6.45) is 6.62. The number of imidazole rings is 1. The van der Waals surface area contributed by atoms with E-state index in [1.807, 2.05) is 13.0 Å². The van der Waals surface area contributed by atoms with Crippen LogP contribution in [0.1, 0.15) is 92.0 Å². The first-order chi connectivity index (χ1) is 18.2. The van der Waals surface area contributed by atoms with Crippen molar-refractivity contribution in [3.63, 3.8) is 0 Å². The number of carbonyl (C=O) groups is 2. The molecule has 0 radical (unpaired) electrons. The summed E-state index contributed by atoms with van der Waals surface area (Å²) in [5, 5.41) is 10.6. The van der Waals surface area contributed by atoms with Gasteiger partial charge in [-0.2, -0.15) is 5.10 Å². The topological polar surface area (TPSA) is 88.4 Å². The van der Waals surface area contributed by atoms with Gasteiger partial charge < -0.3 is 10.6 Å². The average Bonchev–Trinajstić information content (AvgIpc) is 3.64. The highest BCUT2D eigenvalue weighted by atomic mass is 19.3. The number of alkyl halides is 2. The van der Waals surface area contributed by atoms with Gasteiger partial charge in [0.05, 0.1) is 30.2 Å². The summed E-state index contributed by atoms with van der Waals surface area (Å²) in [5.41, 5.74) is 2.06. The summed E-state index contributed by atoms with van der Waals surface area (Å²) < 4.78 is 43.2. The fraction of sp³-hybridized carbons (Fsp3) is 0.500. The molecule has 2 heterocycles. The number of benzene rings is 1. The normalized spacial score (nSPS) is 19.2. The molecular formula is C28H32F3N5O2. The molecule has 2 amide bonds. The molecule has 5 rings (SSSR count). The molecule has 2 aliphatic carbocycles. The van der Waals surface area contributed by atoms with Crippen LogP contribution in [0.25, 0.3) is 5.65 Å². The van der Waals surface area contributed by atoms with E-state index in [2.05, 4.69) is 15.7 Å². The molecule has 0 unspecified atom stereocenters. The van der Waals surface area contributed by atoms with Crippen molar-refractivity contribution in [3.05, 3.63) is 65.4 Å². The molecule has 38 heavy (non-hydrogen) atoms. The Bertz CT molecular complexity index is 1310. The maximum atomic E-state index is 13.9. The second kappa shape index (κ2) is 10.7. The molecule has 202 valence electrons. The first-order valence-electron chi connectivity index (χ1n) is 13.3. The van der Waals surface area contributed by atoms with Crippen molar-refractivity contribution in [2.45, 2.75) is 76.3 Å². The van der Waals surface area contributed by atoms with Crippen LogP contribution in [0.15, 0.2) is 42.7 Å². The van der Waals surface area contributed by atoms with Crippen molar-refractivity contribution in [2.75, 3.05) is 0 Å². The second-order valence-electron chi connectivity index (χ2n) is 10.5. The highest BCUT2D eigenvalue weighted by molar-refractivity contribution is 5.94. The van der Waals surface area contributed by atoms with Gasteiger partial charge in [-0.1, -0.05) is 13.0 Å². The molecule has 0 bridgehead atoms. The van der Waals surface area contributed by atoms with Crippen molar-refractivity contribution in [1.29, 1.82) is 0 Å². The van der Waals surface area contributed by atoms with E-state index in [9.17, 15) is 22.8 Å². The number of aromatic nitrogens is 3. The molecule has 10 heteroatoms. The van der Waals surface area contributed by atoms with E-state index in [1.165, 1.54) is 18.2 Å². The van der Waals surface area contributed by atoms with Crippen LogP contribution in [-0.2, 0) is 4.79 Å². The van der Waals surface area contributed by atoms with Gasteiger partial charge in [0.25, 0.3) is 5.91 Å². The zero-order valence-corrected chi connectivity index (χ0v) is 21.3. The van der Waals surface area contributed by atoms with Gasteiger partial charge in [0.1, 0.15) is 5.82 Å². The van der Waals surface area contributed by atoms with Crippen LogP contribution in [0.4, 0.5) is 13.2 Å². The molecule has 2 saturated carbocycles. The lowest BCUT2D eigenvalue weighted by atomic mass is 9.81. The van der Waals surface area contributed by atoms with Crippen molar-refractivity contribution < 1.29 is 22.8 Å². The third-order valence-electron chi connectivity index (χ3n) is 7.53. The molecule has 2 fully saturated rings. The third kappa shape index (κ3) is 6.00. The van der Waals surface area contributed by atoms with E-state index < -0.39 is 23.7 Å². The van der Waals surface area contributed by atoms with Gasteiger partial charge >= 0.3 is 0 Å². The molecule has 1 aromatic carbocycles. The number of carbonyl (C=O) groups excluding carboxylic acids is 2. The standard InChI is InChI=1S/C28H32F3N5O2/c1-2-4-24(37)34-25(17-7-8-17)20-14-23-33-22(16-36(23)32-15-20)26(18-9-11-28(30,31)12-10-18)35-27(38)19-5-3-6-21(29)13-19/h3,5-6,13-18,25-26H,2,4,7-12H2,1H3,(H,34,37)(H,35,38)/t25-,26+/m1/s1. The van der Waals surface area contributed by atoms with E-state index in [1.54, 1.807) is 16.9 Å². The van der Waals surface area contributed by atoms with Crippen molar-refractivity contribution in [3.8, 4) is 0 Å². The van der Waals surface area contributed by atoms with Crippen molar-refractivity contribution in [2.24, 2.45) is 11.8 Å². The largest absolute Gasteiger partial charge is 0.349 e. The average molecular weight is 528 g/mol. The predicted octanol–water partition coefficient (Wildman–Crippen LogP) is 5.53. The van der Waals surface area contributed by atoms with Crippen LogP contribution >= 0.6 is 0 Å². The fourth-order valence-corrected chi connectivity index (χ4v) is 5.29. The van der Waals surface area contributed by atoms with Gasteiger partial charge in [0.2, 0.25) is 11.8 Å². The first kappa shape index (κ1) is 26.2. The minimum Gasteiger partial charge on any atom is -0.349 e. The molecule has 0 aliphatic heterocycles. The van der Waals surface area contributed by atoms with Crippen LogP contribution in [0.3, 0.4) is 0 Å². The van der Waals surface area contributed by atoms with E-state index >= 15 is 0 Å². The maximum absolute atomic E-state index is 13.9. The van der Waals surface area contributed by atoms with E-state index in [0.29, 0.717) is 23.7 Å². The number of amides is 2. The zero-order valence-electron chi connectivity index (χ0n) is 21.3. The van der Waals surface area contributed by atoms with Crippen LogP contribution in [0.2, 0.25) is 0 Å². The lowest BCUT2D eigenvalue weighted by Gasteiger charge is -2.33. The SMILES string of the molecule is CCCC(=O)N[C@@H](c1cnn2cc([C@@H](NC(=O)c3cccc(F)c3)C3CCC(F)(F)CC3)nc2c1)C1CC1. The molecule has 7 nitrogen and oxygen atoms in total. The first-order valence-corrected chi connectivity index (χ1v) is 13.3. The van der Waals surface area contributed by atoms with Crippen LogP contribution < -0.4 is 10.6 Å². The lowest BCUT2D eigenvalue weighted by molar-refractivity contribution is -0.122. The maximum Gasteiger partial charge on any atom is 0.251 e. The highest BCUT2D eigenvalue weighted by Gasteiger charge is 2.39. The minimum atomic E-state index is -2.72. The van der Waals surface area contributed by atoms with Gasteiger partial charge in [-0.3, -0.25) is 9.59 Å². The van der Waals surface area contributed by atoms with Crippen LogP contribution in [0.5, 0.6) is 0 Å². The minimum absolute atomic E-state index is 0.00234. The molecule has 0 saturated heterocycles. The van der Waals surface area contributed by atoms with Gasteiger partial charge in [-0.05, 0) is 73.8 Å². The monoisotopic (exact) mass is 527 g/mol. The smallest absolute Gasteiger partial charge is 0.251 e. The number of fused-ring (bicyclic) bond motifs is 1. The van der Waals surface area contributed by atoms with Gasteiger partial charge in [-0.25, -0.2) is 22.7 Å². The van der Waals surface area contributed by atoms with E-state index in [4.69, 9.17) is 4.98 Å². The molecule has 2 N–H and O–H groups in total. The Morgan fingerprint density at radius 3 is 2.50 bits per heavy atom. The third-order valence-corrected chi connectivity index (χ3v) is 7.53. The highest BCUT2D eigenvalue weighted by Crippen LogP contribution is 2.42. The Hall–Kier alpha value is -3.43. The summed E-state index contributed by atoms with van der Waals surface area (Å²) >= 11 is 0. The fourth-order valence-electron chi connectivity index (χ4n) is 5.29. The van der Waals surface area contributed by atoms with Gasteiger partial charge in [0, 0.05) is 24.8 Å². The molecule has 2 aliphatic rings. The summed E-state index contributed by atoms with van der Waals surface area (Å²) in [6, 6.07) is 6.45. The van der Waals surface area contributed by atoms with Crippen LogP contribution in [0, 0.1) is 17.7 Å². The van der Waals surface area contributed by atoms with E-state index in [-0.39, 0.29) is 49.1 Å². The Balaban J connectivity index is 1.43. The Morgan fingerprint density at radius 2 is 1.82 bits per heavy atom. The van der Waals surface area contributed by atoms with Crippen molar-refractivity contribution >= 4 is 17.5 Å².